The maximum absolute atomic E-state index is 11.0. The molecule has 0 aromatic carbocycles. The van der Waals surface area contributed by atoms with E-state index in [0.29, 0.717) is 5.56 Å². The molecular weight excluding hydrogens is 162 g/mol. The molecule has 0 aliphatic heterocycles. The summed E-state index contributed by atoms with van der Waals surface area (Å²) in [7, 11) is 1.37. The number of thioether (sulfide) groups is 1. The lowest BCUT2D eigenvalue weighted by Gasteiger charge is -1.97. The molecule has 0 spiro atoms. The normalized spacial score (nSPS) is 9.64. The molecule has 0 saturated carbocycles. The average molecular weight is 171 g/mol. The maximum atomic E-state index is 11.0. The number of nitrogens with one attached hydrogen (secondary N) is 1. The lowest BCUT2D eigenvalue weighted by Crippen LogP contribution is -2.00. The van der Waals surface area contributed by atoms with Crippen molar-refractivity contribution in [3.8, 4) is 0 Å². The van der Waals surface area contributed by atoms with Crippen LogP contribution < -0.4 is 0 Å². The molecule has 0 amide bonds. The Balaban J connectivity index is 2.92. The summed E-state index contributed by atoms with van der Waals surface area (Å²) in [5.74, 6) is -0.296. The largest absolute Gasteiger partial charge is 0.465 e. The van der Waals surface area contributed by atoms with Crippen molar-refractivity contribution < 1.29 is 9.53 Å². The van der Waals surface area contributed by atoms with Gasteiger partial charge in [0.25, 0.3) is 0 Å². The topological polar surface area (TPSA) is 42.1 Å². The fraction of sp³-hybridized carbons (Fsp3) is 0.286. The van der Waals surface area contributed by atoms with E-state index in [0.717, 1.165) is 5.03 Å². The van der Waals surface area contributed by atoms with Gasteiger partial charge < -0.3 is 9.72 Å². The molecule has 0 radical (unpaired) electrons. The third kappa shape index (κ3) is 1.57. The van der Waals surface area contributed by atoms with E-state index >= 15 is 0 Å². The minimum absolute atomic E-state index is 0.296. The molecule has 0 aliphatic carbocycles. The molecule has 1 aromatic heterocycles. The molecule has 1 heterocycles. The SMILES string of the molecule is COC(=O)c1cc[nH]c1SC. The van der Waals surface area contributed by atoms with Gasteiger partial charge in [-0.05, 0) is 12.3 Å². The molecule has 3 nitrogen and oxygen atoms in total. The maximum Gasteiger partial charge on any atom is 0.340 e. The number of hydrogen-bond acceptors (Lipinski definition) is 3. The first-order valence-corrected chi connectivity index (χ1v) is 4.31. The molecule has 1 aromatic rings. The highest BCUT2D eigenvalue weighted by molar-refractivity contribution is 7.98. The molecule has 0 unspecified atom stereocenters. The summed E-state index contributed by atoms with van der Waals surface area (Å²) in [5, 5.41) is 0.844. The first-order chi connectivity index (χ1) is 5.29. The van der Waals surface area contributed by atoms with Gasteiger partial charge in [-0.2, -0.15) is 0 Å². The fourth-order valence-electron chi connectivity index (χ4n) is 0.794. The van der Waals surface area contributed by atoms with Crippen molar-refractivity contribution >= 4 is 17.7 Å². The third-order valence-electron chi connectivity index (χ3n) is 1.32. The smallest absolute Gasteiger partial charge is 0.340 e. The summed E-state index contributed by atoms with van der Waals surface area (Å²) < 4.78 is 4.56. The summed E-state index contributed by atoms with van der Waals surface area (Å²) in [4.78, 5) is 13.9. The van der Waals surface area contributed by atoms with Gasteiger partial charge in [0.15, 0.2) is 0 Å². The lowest BCUT2D eigenvalue weighted by molar-refractivity contribution is 0.0597. The van der Waals surface area contributed by atoms with E-state index < -0.39 is 0 Å². The zero-order valence-electron chi connectivity index (χ0n) is 6.38. The number of carbonyl (C=O) groups is 1. The molecule has 1 N–H and O–H groups in total. The Hall–Kier alpha value is -0.900. The van der Waals surface area contributed by atoms with Gasteiger partial charge in [-0.15, -0.1) is 11.8 Å². The van der Waals surface area contributed by atoms with Crippen molar-refractivity contribution in [2.24, 2.45) is 0 Å². The van der Waals surface area contributed by atoms with E-state index in [1.54, 1.807) is 12.3 Å². The second-order valence-corrected chi connectivity index (χ2v) is 2.73. The predicted molar refractivity (Wildman–Crippen MR) is 43.9 cm³/mol. The van der Waals surface area contributed by atoms with E-state index in [-0.39, 0.29) is 5.97 Å². The van der Waals surface area contributed by atoms with Crippen LogP contribution in [0.1, 0.15) is 10.4 Å². The minimum Gasteiger partial charge on any atom is -0.465 e. The second-order valence-electron chi connectivity index (χ2n) is 1.92. The Morgan fingerprint density at radius 1 is 1.73 bits per heavy atom. The van der Waals surface area contributed by atoms with Crippen LogP contribution >= 0.6 is 11.8 Å². The second kappa shape index (κ2) is 3.48. The number of hydrogen-bond donors (Lipinski definition) is 1. The van der Waals surface area contributed by atoms with E-state index in [1.165, 1.54) is 18.9 Å². The van der Waals surface area contributed by atoms with Crippen molar-refractivity contribution in [3.63, 3.8) is 0 Å². The Kier molecular flexibility index (Phi) is 2.59. The van der Waals surface area contributed by atoms with Crippen LogP contribution in [0.2, 0.25) is 0 Å². The highest BCUT2D eigenvalue weighted by Gasteiger charge is 2.10. The van der Waals surface area contributed by atoms with Gasteiger partial charge >= 0.3 is 5.97 Å². The summed E-state index contributed by atoms with van der Waals surface area (Å²) in [6, 6.07) is 1.71. The zero-order valence-corrected chi connectivity index (χ0v) is 7.20. The quantitative estimate of drug-likeness (QED) is 0.542. The first kappa shape index (κ1) is 8.20. The van der Waals surface area contributed by atoms with Crippen molar-refractivity contribution in [1.29, 1.82) is 0 Å². The van der Waals surface area contributed by atoms with Crippen LogP contribution in [0.3, 0.4) is 0 Å². The van der Waals surface area contributed by atoms with Crippen molar-refractivity contribution in [2.75, 3.05) is 13.4 Å². The number of aromatic nitrogens is 1. The molecule has 0 aliphatic rings. The summed E-state index contributed by atoms with van der Waals surface area (Å²) in [6.45, 7) is 0. The van der Waals surface area contributed by atoms with E-state index in [4.69, 9.17) is 0 Å². The number of esters is 1. The van der Waals surface area contributed by atoms with Gasteiger partial charge in [0.2, 0.25) is 0 Å². The Bertz CT molecular complexity index is 257. The van der Waals surface area contributed by atoms with Crippen LogP contribution in [-0.2, 0) is 4.74 Å². The highest BCUT2D eigenvalue weighted by Crippen LogP contribution is 2.18. The Morgan fingerprint density at radius 2 is 2.45 bits per heavy atom. The van der Waals surface area contributed by atoms with Crippen molar-refractivity contribution in [3.05, 3.63) is 17.8 Å². The standard InChI is InChI=1S/C7H9NO2S/c1-10-7(9)5-3-4-8-6(5)11-2/h3-4,8H,1-2H3. The lowest BCUT2D eigenvalue weighted by atomic mass is 10.3. The Labute approximate surface area is 69.1 Å². The molecule has 0 atom stereocenters. The molecule has 60 valence electrons. The van der Waals surface area contributed by atoms with Crippen molar-refractivity contribution in [2.45, 2.75) is 5.03 Å². The molecule has 4 heteroatoms. The molecule has 1 rings (SSSR count). The van der Waals surface area contributed by atoms with Crippen LogP contribution in [0.5, 0.6) is 0 Å². The number of methoxy groups -OCH3 is 1. The molecule has 0 saturated heterocycles. The fourth-order valence-corrected chi connectivity index (χ4v) is 1.35. The van der Waals surface area contributed by atoms with Gasteiger partial charge in [-0.1, -0.05) is 0 Å². The van der Waals surface area contributed by atoms with E-state index in [1.807, 2.05) is 6.26 Å². The van der Waals surface area contributed by atoms with E-state index in [2.05, 4.69) is 9.72 Å². The average Bonchev–Trinajstić information content (AvgIpc) is 2.50. The molecule has 11 heavy (non-hydrogen) atoms. The van der Waals surface area contributed by atoms with Gasteiger partial charge in [0.05, 0.1) is 17.7 Å². The minimum atomic E-state index is -0.296. The number of aromatic amines is 1. The van der Waals surface area contributed by atoms with Crippen molar-refractivity contribution in [1.82, 2.24) is 4.98 Å². The number of H-pyrrole nitrogens is 1. The number of rotatable bonds is 2. The first-order valence-electron chi connectivity index (χ1n) is 3.09. The predicted octanol–water partition coefficient (Wildman–Crippen LogP) is 1.52. The molecule has 0 bridgehead atoms. The number of ether oxygens (including phenoxy) is 1. The monoisotopic (exact) mass is 171 g/mol. The van der Waals surface area contributed by atoms with E-state index in [9.17, 15) is 4.79 Å². The van der Waals surface area contributed by atoms with Crippen LogP contribution in [0.4, 0.5) is 0 Å². The third-order valence-corrected chi connectivity index (χ3v) is 2.06. The summed E-state index contributed by atoms with van der Waals surface area (Å²) in [5.41, 5.74) is 0.597. The highest BCUT2D eigenvalue weighted by atomic mass is 32.2. The summed E-state index contributed by atoms with van der Waals surface area (Å²) >= 11 is 1.49. The van der Waals surface area contributed by atoms with Crippen LogP contribution in [0, 0.1) is 0 Å². The molecule has 0 fully saturated rings. The van der Waals surface area contributed by atoms with Crippen LogP contribution in [0.15, 0.2) is 17.3 Å². The Morgan fingerprint density at radius 3 is 3.00 bits per heavy atom. The van der Waals surface area contributed by atoms with Gasteiger partial charge in [0.1, 0.15) is 0 Å². The van der Waals surface area contributed by atoms with Gasteiger partial charge in [0, 0.05) is 6.20 Å². The summed E-state index contributed by atoms with van der Waals surface area (Å²) in [6.07, 6.45) is 3.62. The van der Waals surface area contributed by atoms with Gasteiger partial charge in [-0.25, -0.2) is 4.79 Å². The number of carbonyl (C=O) groups excluding carboxylic acids is 1. The molecular formula is C7H9NO2S. The van der Waals surface area contributed by atoms with Gasteiger partial charge in [-0.3, -0.25) is 0 Å². The van der Waals surface area contributed by atoms with Crippen LogP contribution in [-0.4, -0.2) is 24.3 Å². The zero-order chi connectivity index (χ0) is 8.27. The van der Waals surface area contributed by atoms with Crippen LogP contribution in [0.25, 0.3) is 0 Å².